The fraction of sp³-hybridized carbons (Fsp3) is 0.200. The van der Waals surface area contributed by atoms with E-state index in [-0.39, 0.29) is 0 Å². The molecule has 8 heteroatoms. The highest BCUT2D eigenvalue weighted by molar-refractivity contribution is 7.16. The molecular weight excluding hydrogens is 372 g/mol. The largest absolute Gasteiger partial charge is 0.486 e. The van der Waals surface area contributed by atoms with Crippen molar-refractivity contribution in [3.05, 3.63) is 64.4 Å². The van der Waals surface area contributed by atoms with Gasteiger partial charge in [0.2, 0.25) is 10.8 Å². The van der Waals surface area contributed by atoms with Gasteiger partial charge in [-0.15, -0.1) is 10.2 Å². The van der Waals surface area contributed by atoms with Crippen LogP contribution in [0.4, 0.5) is 0 Å². The molecule has 28 heavy (non-hydrogen) atoms. The second-order valence-electron chi connectivity index (χ2n) is 6.70. The molecule has 5 aromatic rings. The van der Waals surface area contributed by atoms with E-state index in [4.69, 9.17) is 9.84 Å². The number of para-hydroxylation sites is 1. The Bertz CT molecular complexity index is 1290. The molecule has 0 N–H and O–H groups in total. The minimum atomic E-state index is 0.394. The van der Waals surface area contributed by atoms with E-state index >= 15 is 0 Å². The number of imidazole rings is 1. The molecule has 4 aromatic heterocycles. The highest BCUT2D eigenvalue weighted by Crippen LogP contribution is 2.27. The molecule has 0 bridgehead atoms. The lowest BCUT2D eigenvalue weighted by atomic mass is 10.1. The summed E-state index contributed by atoms with van der Waals surface area (Å²) in [6, 6.07) is 12.0. The second kappa shape index (κ2) is 6.42. The van der Waals surface area contributed by atoms with E-state index in [0.717, 1.165) is 43.9 Å². The SMILES string of the molecule is Cc1cccc(C)c1OCc1nn2c(-c3c(C)nc4ccccn34)nnc2s1. The number of aryl methyl sites for hydroxylation is 3. The van der Waals surface area contributed by atoms with Gasteiger partial charge in [0, 0.05) is 6.20 Å². The molecule has 0 aliphatic heterocycles. The third-order valence-corrected chi connectivity index (χ3v) is 5.57. The van der Waals surface area contributed by atoms with E-state index < -0.39 is 0 Å². The normalized spacial score (nSPS) is 11.5. The maximum atomic E-state index is 6.05. The van der Waals surface area contributed by atoms with Crippen molar-refractivity contribution in [2.75, 3.05) is 0 Å². The number of hydrogen-bond donors (Lipinski definition) is 0. The molecule has 0 aliphatic rings. The summed E-state index contributed by atoms with van der Waals surface area (Å²) in [5.74, 6) is 1.59. The maximum absolute atomic E-state index is 6.05. The Hall–Kier alpha value is -3.26. The quantitative estimate of drug-likeness (QED) is 0.464. The van der Waals surface area contributed by atoms with Crippen molar-refractivity contribution in [2.24, 2.45) is 0 Å². The number of benzene rings is 1. The second-order valence-corrected chi connectivity index (χ2v) is 7.74. The van der Waals surface area contributed by atoms with Gasteiger partial charge in [-0.1, -0.05) is 35.6 Å². The molecular formula is C20H18N6OS. The molecule has 0 spiro atoms. The van der Waals surface area contributed by atoms with Gasteiger partial charge >= 0.3 is 0 Å². The van der Waals surface area contributed by atoms with E-state index in [9.17, 15) is 0 Å². The molecule has 5 rings (SSSR count). The number of hydrogen-bond acceptors (Lipinski definition) is 6. The first-order valence-electron chi connectivity index (χ1n) is 8.96. The van der Waals surface area contributed by atoms with E-state index in [1.807, 2.05) is 67.8 Å². The molecule has 0 saturated carbocycles. The van der Waals surface area contributed by atoms with Crippen molar-refractivity contribution in [3.63, 3.8) is 0 Å². The summed E-state index contributed by atoms with van der Waals surface area (Å²) < 4.78 is 9.83. The van der Waals surface area contributed by atoms with Crippen LogP contribution in [0.15, 0.2) is 42.6 Å². The van der Waals surface area contributed by atoms with Gasteiger partial charge in [-0.05, 0) is 44.0 Å². The Morgan fingerprint density at radius 3 is 2.64 bits per heavy atom. The van der Waals surface area contributed by atoms with Gasteiger partial charge < -0.3 is 4.74 Å². The Labute approximate surface area is 165 Å². The van der Waals surface area contributed by atoms with Crippen LogP contribution in [0, 0.1) is 20.8 Å². The van der Waals surface area contributed by atoms with Crippen molar-refractivity contribution in [2.45, 2.75) is 27.4 Å². The maximum Gasteiger partial charge on any atom is 0.235 e. The van der Waals surface area contributed by atoms with Crippen LogP contribution in [0.2, 0.25) is 0 Å². The first kappa shape index (κ1) is 16.9. The number of pyridine rings is 1. The van der Waals surface area contributed by atoms with E-state index in [1.165, 1.54) is 11.3 Å². The summed E-state index contributed by atoms with van der Waals surface area (Å²) in [6.07, 6.45) is 1.98. The van der Waals surface area contributed by atoms with Gasteiger partial charge in [0.05, 0.1) is 5.69 Å². The van der Waals surface area contributed by atoms with E-state index in [1.54, 1.807) is 4.52 Å². The lowest BCUT2D eigenvalue weighted by Crippen LogP contribution is -2.01. The van der Waals surface area contributed by atoms with Gasteiger partial charge in [0.25, 0.3) is 0 Å². The van der Waals surface area contributed by atoms with Crippen LogP contribution >= 0.6 is 11.3 Å². The number of nitrogens with zero attached hydrogens (tertiary/aromatic N) is 6. The summed E-state index contributed by atoms with van der Waals surface area (Å²) in [7, 11) is 0. The van der Waals surface area contributed by atoms with Gasteiger partial charge in [-0.2, -0.15) is 9.61 Å². The lowest BCUT2D eigenvalue weighted by Gasteiger charge is -2.10. The zero-order valence-electron chi connectivity index (χ0n) is 15.7. The molecule has 0 amide bonds. The predicted octanol–water partition coefficient (Wildman–Crippen LogP) is 4.00. The Morgan fingerprint density at radius 1 is 1.00 bits per heavy atom. The number of fused-ring (bicyclic) bond motifs is 2. The molecule has 0 saturated heterocycles. The highest BCUT2D eigenvalue weighted by atomic mass is 32.1. The minimum Gasteiger partial charge on any atom is -0.486 e. The molecule has 0 fully saturated rings. The molecule has 0 atom stereocenters. The average Bonchev–Trinajstić information content (AvgIpc) is 3.33. The lowest BCUT2D eigenvalue weighted by molar-refractivity contribution is 0.300. The summed E-state index contributed by atoms with van der Waals surface area (Å²) in [4.78, 5) is 5.35. The van der Waals surface area contributed by atoms with Crippen LogP contribution < -0.4 is 4.74 Å². The smallest absolute Gasteiger partial charge is 0.235 e. The van der Waals surface area contributed by atoms with Crippen LogP contribution in [0.5, 0.6) is 5.75 Å². The minimum absolute atomic E-state index is 0.394. The number of rotatable bonds is 4. The predicted molar refractivity (Wildman–Crippen MR) is 108 cm³/mol. The molecule has 4 heterocycles. The van der Waals surface area contributed by atoms with Gasteiger partial charge in [-0.3, -0.25) is 4.40 Å². The highest BCUT2D eigenvalue weighted by Gasteiger charge is 2.19. The summed E-state index contributed by atoms with van der Waals surface area (Å²) in [6.45, 7) is 6.46. The number of aromatic nitrogens is 6. The van der Waals surface area contributed by atoms with Crippen LogP contribution in [0.3, 0.4) is 0 Å². The summed E-state index contributed by atoms with van der Waals surface area (Å²) >= 11 is 1.48. The number of ether oxygens (including phenoxy) is 1. The third-order valence-electron chi connectivity index (χ3n) is 4.70. The van der Waals surface area contributed by atoms with Crippen LogP contribution in [-0.4, -0.2) is 29.2 Å². The van der Waals surface area contributed by atoms with Crippen molar-refractivity contribution in [1.29, 1.82) is 0 Å². The summed E-state index contributed by atoms with van der Waals surface area (Å²) in [5, 5.41) is 14.2. The molecule has 0 unspecified atom stereocenters. The Kier molecular flexibility index (Phi) is 3.87. The van der Waals surface area contributed by atoms with Crippen molar-refractivity contribution >= 4 is 21.9 Å². The molecule has 0 radical (unpaired) electrons. The van der Waals surface area contributed by atoms with Crippen LogP contribution in [0.1, 0.15) is 21.8 Å². The monoisotopic (exact) mass is 390 g/mol. The zero-order valence-corrected chi connectivity index (χ0v) is 16.6. The van der Waals surface area contributed by atoms with E-state index in [2.05, 4.69) is 15.2 Å². The van der Waals surface area contributed by atoms with Crippen molar-refractivity contribution in [1.82, 2.24) is 29.2 Å². The van der Waals surface area contributed by atoms with Crippen LogP contribution in [0.25, 0.3) is 22.1 Å². The first-order valence-corrected chi connectivity index (χ1v) is 9.77. The van der Waals surface area contributed by atoms with Gasteiger partial charge in [0.15, 0.2) is 5.01 Å². The van der Waals surface area contributed by atoms with Gasteiger partial charge in [-0.25, -0.2) is 4.98 Å². The fourth-order valence-corrected chi connectivity index (χ4v) is 4.15. The average molecular weight is 390 g/mol. The topological polar surface area (TPSA) is 69.6 Å². The summed E-state index contributed by atoms with van der Waals surface area (Å²) in [5.41, 5.74) is 4.90. The molecule has 0 aliphatic carbocycles. The van der Waals surface area contributed by atoms with Crippen molar-refractivity contribution < 1.29 is 4.74 Å². The Morgan fingerprint density at radius 2 is 1.82 bits per heavy atom. The van der Waals surface area contributed by atoms with E-state index in [0.29, 0.717) is 12.4 Å². The first-order chi connectivity index (χ1) is 13.6. The van der Waals surface area contributed by atoms with Crippen molar-refractivity contribution in [3.8, 4) is 17.3 Å². The fourth-order valence-electron chi connectivity index (χ4n) is 3.41. The van der Waals surface area contributed by atoms with Crippen LogP contribution in [-0.2, 0) is 6.61 Å². The Balaban J connectivity index is 1.52. The molecule has 1 aromatic carbocycles. The molecule has 140 valence electrons. The third kappa shape index (κ3) is 2.65. The zero-order chi connectivity index (χ0) is 19.3. The van der Waals surface area contributed by atoms with Gasteiger partial charge in [0.1, 0.15) is 23.7 Å². The standard InChI is InChI=1S/C20H18N6OS/c1-12-7-6-8-13(2)18(12)27-11-16-24-26-19(22-23-20(26)28-16)17-14(3)21-15-9-4-5-10-25(15)17/h4-10H,11H2,1-3H3. The molecule has 7 nitrogen and oxygen atoms in total.